The zero-order valence-electron chi connectivity index (χ0n) is 9.69. The number of benzene rings is 1. The Morgan fingerprint density at radius 1 is 1.44 bits per heavy atom. The molecule has 3 heteroatoms. The Kier molecular flexibility index (Phi) is 5.26. The molecule has 90 valence electrons. The minimum absolute atomic E-state index is 0.105. The van der Waals surface area contributed by atoms with Gasteiger partial charge in [-0.1, -0.05) is 26.3 Å². The van der Waals surface area contributed by atoms with Crippen molar-refractivity contribution in [2.45, 2.75) is 33.1 Å². The fourth-order valence-electron chi connectivity index (χ4n) is 1.95. The van der Waals surface area contributed by atoms with Crippen molar-refractivity contribution in [3.63, 3.8) is 0 Å². The highest BCUT2D eigenvalue weighted by Gasteiger charge is 2.22. The Balaban J connectivity index is 2.81. The molecule has 0 bridgehead atoms. The smallest absolute Gasteiger partial charge is 0.137 e. The highest BCUT2D eigenvalue weighted by molar-refractivity contribution is 9.10. The summed E-state index contributed by atoms with van der Waals surface area (Å²) in [7, 11) is 0. The molecule has 1 aromatic carbocycles. The summed E-state index contributed by atoms with van der Waals surface area (Å²) in [5.74, 6) is 0.419. The molecule has 1 rings (SSSR count). The molecular weight excluding hydrogens is 290 g/mol. The molecule has 0 aliphatic carbocycles. The van der Waals surface area contributed by atoms with E-state index in [-0.39, 0.29) is 11.2 Å². The first-order chi connectivity index (χ1) is 7.50. The predicted molar refractivity (Wildman–Crippen MR) is 71.5 cm³/mol. The van der Waals surface area contributed by atoms with E-state index in [0.717, 1.165) is 24.8 Å². The third-order valence-electron chi connectivity index (χ3n) is 2.79. The summed E-state index contributed by atoms with van der Waals surface area (Å²) in [6, 6.07) is 5.18. The maximum Gasteiger partial charge on any atom is 0.137 e. The van der Waals surface area contributed by atoms with Crippen LogP contribution in [0.25, 0.3) is 0 Å². The van der Waals surface area contributed by atoms with E-state index in [4.69, 9.17) is 11.6 Å². The van der Waals surface area contributed by atoms with Crippen molar-refractivity contribution < 1.29 is 4.39 Å². The van der Waals surface area contributed by atoms with Gasteiger partial charge in [0.2, 0.25) is 0 Å². The number of hydrogen-bond donors (Lipinski definition) is 0. The van der Waals surface area contributed by atoms with Crippen LogP contribution in [-0.2, 0) is 6.42 Å². The summed E-state index contributed by atoms with van der Waals surface area (Å²) in [6.07, 6.45) is 3.10. The first-order valence-corrected chi connectivity index (χ1v) is 6.83. The van der Waals surface area contributed by atoms with Crippen LogP contribution in [0.2, 0.25) is 0 Å². The maximum atomic E-state index is 13.1. The van der Waals surface area contributed by atoms with Crippen molar-refractivity contribution in [1.29, 1.82) is 0 Å². The molecule has 0 radical (unpaired) electrons. The molecule has 0 N–H and O–H groups in total. The lowest BCUT2D eigenvalue weighted by Gasteiger charge is -2.26. The molecule has 0 spiro atoms. The molecule has 1 unspecified atom stereocenters. The van der Waals surface area contributed by atoms with Crippen LogP contribution in [0.5, 0.6) is 0 Å². The van der Waals surface area contributed by atoms with Crippen LogP contribution in [0.4, 0.5) is 4.39 Å². The molecule has 16 heavy (non-hydrogen) atoms. The first-order valence-electron chi connectivity index (χ1n) is 5.50. The Hall–Kier alpha value is -0.0800. The minimum Gasteiger partial charge on any atom is -0.206 e. The standard InChI is InChI=1S/C13H17BrClF/c1-3-6-13(2,9-15)8-10-4-5-12(16)11(14)7-10/h4-5,7H,3,6,8-9H2,1-2H3. The average molecular weight is 308 g/mol. The van der Waals surface area contributed by atoms with Crippen molar-refractivity contribution in [2.75, 3.05) is 5.88 Å². The third kappa shape index (κ3) is 3.74. The van der Waals surface area contributed by atoms with Gasteiger partial charge >= 0.3 is 0 Å². The van der Waals surface area contributed by atoms with Crippen LogP contribution in [0.1, 0.15) is 32.3 Å². The van der Waals surface area contributed by atoms with E-state index in [0.29, 0.717) is 10.4 Å². The van der Waals surface area contributed by atoms with Crippen LogP contribution >= 0.6 is 27.5 Å². The van der Waals surface area contributed by atoms with Crippen molar-refractivity contribution in [1.82, 2.24) is 0 Å². The largest absolute Gasteiger partial charge is 0.206 e. The quantitative estimate of drug-likeness (QED) is 0.658. The van der Waals surface area contributed by atoms with Crippen LogP contribution in [0.15, 0.2) is 22.7 Å². The van der Waals surface area contributed by atoms with Crippen molar-refractivity contribution >= 4 is 27.5 Å². The summed E-state index contributed by atoms with van der Waals surface area (Å²) >= 11 is 9.23. The number of alkyl halides is 1. The summed E-state index contributed by atoms with van der Waals surface area (Å²) < 4.78 is 13.6. The van der Waals surface area contributed by atoms with Gasteiger partial charge in [-0.25, -0.2) is 4.39 Å². The monoisotopic (exact) mass is 306 g/mol. The summed E-state index contributed by atoms with van der Waals surface area (Å²) in [4.78, 5) is 0. The van der Waals surface area contributed by atoms with E-state index in [1.165, 1.54) is 6.07 Å². The minimum atomic E-state index is -0.216. The van der Waals surface area contributed by atoms with Gasteiger partial charge in [0.25, 0.3) is 0 Å². The average Bonchev–Trinajstić information content (AvgIpc) is 2.24. The summed E-state index contributed by atoms with van der Waals surface area (Å²) in [5.41, 5.74) is 1.23. The van der Waals surface area contributed by atoms with Gasteiger partial charge in [-0.15, -0.1) is 11.6 Å². The Morgan fingerprint density at radius 3 is 2.62 bits per heavy atom. The second-order valence-electron chi connectivity index (χ2n) is 4.62. The highest BCUT2D eigenvalue weighted by Crippen LogP contribution is 2.30. The van der Waals surface area contributed by atoms with Crippen molar-refractivity contribution in [3.05, 3.63) is 34.1 Å². The number of halogens is 3. The fraction of sp³-hybridized carbons (Fsp3) is 0.538. The van der Waals surface area contributed by atoms with Gasteiger partial charge in [0.15, 0.2) is 0 Å². The Labute approximate surface area is 110 Å². The third-order valence-corrected chi connectivity index (χ3v) is 4.04. The van der Waals surface area contributed by atoms with Crippen LogP contribution < -0.4 is 0 Å². The van der Waals surface area contributed by atoms with E-state index in [1.807, 2.05) is 12.1 Å². The van der Waals surface area contributed by atoms with Crippen molar-refractivity contribution in [3.8, 4) is 0 Å². The molecule has 1 atom stereocenters. The Bertz CT molecular complexity index is 354. The van der Waals surface area contributed by atoms with Crippen LogP contribution in [-0.4, -0.2) is 5.88 Å². The van der Waals surface area contributed by atoms with Crippen LogP contribution in [0.3, 0.4) is 0 Å². The van der Waals surface area contributed by atoms with Gasteiger partial charge in [0, 0.05) is 5.88 Å². The van der Waals surface area contributed by atoms with Crippen LogP contribution in [0, 0.1) is 11.2 Å². The molecule has 0 saturated carbocycles. The second-order valence-corrected chi connectivity index (χ2v) is 5.74. The summed E-state index contributed by atoms with van der Waals surface area (Å²) in [6.45, 7) is 4.34. The lowest BCUT2D eigenvalue weighted by Crippen LogP contribution is -2.21. The van der Waals surface area contributed by atoms with E-state index < -0.39 is 0 Å². The van der Waals surface area contributed by atoms with Gasteiger partial charge in [-0.05, 0) is 51.9 Å². The van der Waals surface area contributed by atoms with Gasteiger partial charge in [0.05, 0.1) is 4.47 Å². The van der Waals surface area contributed by atoms with Gasteiger partial charge in [-0.3, -0.25) is 0 Å². The fourth-order valence-corrected chi connectivity index (χ4v) is 2.60. The Morgan fingerprint density at radius 2 is 2.12 bits per heavy atom. The topological polar surface area (TPSA) is 0 Å². The van der Waals surface area contributed by atoms with E-state index in [1.54, 1.807) is 0 Å². The lowest BCUT2D eigenvalue weighted by molar-refractivity contribution is 0.335. The molecule has 0 aromatic heterocycles. The first kappa shape index (κ1) is 14.0. The van der Waals surface area contributed by atoms with E-state index in [9.17, 15) is 4.39 Å². The second kappa shape index (κ2) is 6.02. The number of hydrogen-bond acceptors (Lipinski definition) is 0. The zero-order chi connectivity index (χ0) is 12.2. The molecule has 0 fully saturated rings. The molecule has 1 aromatic rings. The normalized spacial score (nSPS) is 14.8. The molecule has 0 aliphatic rings. The molecule has 0 amide bonds. The molecule has 0 nitrogen and oxygen atoms in total. The molecular formula is C13H17BrClF. The SMILES string of the molecule is CCCC(C)(CCl)Cc1ccc(F)c(Br)c1. The predicted octanol–water partition coefficient (Wildman–Crippen LogP) is 5.18. The summed E-state index contributed by atoms with van der Waals surface area (Å²) in [5, 5.41) is 0. The van der Waals surface area contributed by atoms with E-state index >= 15 is 0 Å². The molecule has 0 aliphatic heterocycles. The lowest BCUT2D eigenvalue weighted by atomic mass is 9.81. The van der Waals surface area contributed by atoms with Gasteiger partial charge in [0.1, 0.15) is 5.82 Å². The zero-order valence-corrected chi connectivity index (χ0v) is 12.0. The van der Waals surface area contributed by atoms with Gasteiger partial charge < -0.3 is 0 Å². The highest BCUT2D eigenvalue weighted by atomic mass is 79.9. The molecule has 0 heterocycles. The van der Waals surface area contributed by atoms with Crippen molar-refractivity contribution in [2.24, 2.45) is 5.41 Å². The van der Waals surface area contributed by atoms with Gasteiger partial charge in [-0.2, -0.15) is 0 Å². The molecule has 0 saturated heterocycles. The van der Waals surface area contributed by atoms with E-state index in [2.05, 4.69) is 29.8 Å². The number of rotatable bonds is 5. The maximum absolute atomic E-state index is 13.1.